The van der Waals surface area contributed by atoms with Crippen LogP contribution in [0.3, 0.4) is 0 Å². The Hall–Kier alpha value is -0.540. The highest BCUT2D eigenvalue weighted by Crippen LogP contribution is 2.27. The average Bonchev–Trinajstić information content (AvgIpc) is 2.93. The molecule has 0 aliphatic heterocycles. The van der Waals surface area contributed by atoms with Gasteiger partial charge < -0.3 is 5.32 Å². The molecule has 1 heterocycles. The van der Waals surface area contributed by atoms with Crippen molar-refractivity contribution in [3.63, 3.8) is 0 Å². The monoisotopic (exact) mass is 283 g/mol. The van der Waals surface area contributed by atoms with Gasteiger partial charge in [0.05, 0.1) is 11.7 Å². The quantitative estimate of drug-likeness (QED) is 0.608. The van der Waals surface area contributed by atoms with E-state index in [9.17, 15) is 0 Å². The van der Waals surface area contributed by atoms with E-state index < -0.39 is 0 Å². The summed E-state index contributed by atoms with van der Waals surface area (Å²) in [6, 6.07) is 2.77. The molecule has 3 nitrogen and oxygen atoms in total. The van der Waals surface area contributed by atoms with Gasteiger partial charge in [-0.05, 0) is 38.3 Å². The van der Waals surface area contributed by atoms with Gasteiger partial charge in [-0.2, -0.15) is 5.10 Å². The highest BCUT2D eigenvalue weighted by molar-refractivity contribution is 6.20. The molecular weight excluding hydrogens is 258 g/mol. The molecule has 1 N–H and O–H groups in total. The number of nitrogens with zero attached hydrogens (tertiary/aromatic N) is 2. The van der Waals surface area contributed by atoms with Crippen LogP contribution in [0.4, 0.5) is 0 Å². The van der Waals surface area contributed by atoms with E-state index in [4.69, 9.17) is 16.7 Å². The van der Waals surface area contributed by atoms with Gasteiger partial charge in [0.2, 0.25) is 0 Å². The molecule has 1 aliphatic carbocycles. The van der Waals surface area contributed by atoms with Crippen LogP contribution in [0.25, 0.3) is 0 Å². The molecule has 1 aliphatic rings. The molecule has 0 aromatic carbocycles. The fourth-order valence-electron chi connectivity index (χ4n) is 2.70. The van der Waals surface area contributed by atoms with Gasteiger partial charge in [-0.15, -0.1) is 11.6 Å². The third-order valence-corrected chi connectivity index (χ3v) is 4.52. The fraction of sp³-hybridized carbons (Fsp3) is 0.800. The Morgan fingerprint density at radius 1 is 1.42 bits per heavy atom. The summed E-state index contributed by atoms with van der Waals surface area (Å²) in [5, 5.41) is 8.41. The number of alkyl halides is 1. The molecule has 1 aromatic heterocycles. The normalized spacial score (nSPS) is 18.6. The molecule has 19 heavy (non-hydrogen) atoms. The Morgan fingerprint density at radius 2 is 2.21 bits per heavy atom. The zero-order chi connectivity index (χ0) is 13.5. The fourth-order valence-corrected chi connectivity index (χ4v) is 2.81. The summed E-state index contributed by atoms with van der Waals surface area (Å²) in [5.74, 6) is 0. The maximum Gasteiger partial charge on any atom is 0.0762 e. The minimum Gasteiger partial charge on any atom is -0.311 e. The number of rotatable bonds is 7. The number of hydrogen-bond acceptors (Lipinski definition) is 2. The average molecular weight is 284 g/mol. The van der Waals surface area contributed by atoms with Gasteiger partial charge >= 0.3 is 0 Å². The summed E-state index contributed by atoms with van der Waals surface area (Å²) in [5.41, 5.74) is 1.15. The zero-order valence-electron chi connectivity index (χ0n) is 11.9. The Labute approximate surface area is 121 Å². The Bertz CT molecular complexity index is 358. The standard InChI is InChI=1S/C15H26ClN3/c1-2-13(16)8-10-17-12-14-9-11-19(18-14)15-6-4-3-5-7-15/h9,11,13,15,17H,2-8,10,12H2,1H3. The van der Waals surface area contributed by atoms with Gasteiger partial charge in [-0.3, -0.25) is 4.68 Å². The predicted molar refractivity (Wildman–Crippen MR) is 80.6 cm³/mol. The van der Waals surface area contributed by atoms with E-state index >= 15 is 0 Å². The summed E-state index contributed by atoms with van der Waals surface area (Å²) >= 11 is 6.09. The SMILES string of the molecule is CCC(Cl)CCNCc1ccn(C2CCCCC2)n1. The Morgan fingerprint density at radius 3 is 2.95 bits per heavy atom. The first-order valence-corrected chi connectivity index (χ1v) is 8.12. The van der Waals surface area contributed by atoms with Crippen molar-refractivity contribution in [1.82, 2.24) is 15.1 Å². The molecule has 108 valence electrons. The van der Waals surface area contributed by atoms with Crippen LogP contribution in [-0.4, -0.2) is 21.7 Å². The van der Waals surface area contributed by atoms with Gasteiger partial charge in [0.1, 0.15) is 0 Å². The molecule has 2 rings (SSSR count). The second-order valence-corrected chi connectivity index (χ2v) is 6.17. The van der Waals surface area contributed by atoms with Crippen LogP contribution in [0.1, 0.15) is 63.6 Å². The topological polar surface area (TPSA) is 29.9 Å². The molecule has 1 aromatic rings. The molecule has 0 radical (unpaired) electrons. The van der Waals surface area contributed by atoms with Crippen LogP contribution in [0.15, 0.2) is 12.3 Å². The lowest BCUT2D eigenvalue weighted by atomic mass is 9.96. The summed E-state index contributed by atoms with van der Waals surface area (Å²) in [6.07, 6.45) is 10.9. The van der Waals surface area contributed by atoms with Crippen LogP contribution in [0.5, 0.6) is 0 Å². The van der Waals surface area contributed by atoms with Crippen molar-refractivity contribution < 1.29 is 0 Å². The molecule has 1 unspecified atom stereocenters. The van der Waals surface area contributed by atoms with Crippen molar-refractivity contribution in [2.45, 2.75) is 69.8 Å². The van der Waals surface area contributed by atoms with E-state index in [0.717, 1.165) is 31.6 Å². The highest BCUT2D eigenvalue weighted by atomic mass is 35.5. The van der Waals surface area contributed by atoms with Crippen LogP contribution in [-0.2, 0) is 6.54 Å². The summed E-state index contributed by atoms with van der Waals surface area (Å²) in [6.45, 7) is 3.95. The largest absolute Gasteiger partial charge is 0.311 e. The van der Waals surface area contributed by atoms with Gasteiger partial charge in [0.15, 0.2) is 0 Å². The van der Waals surface area contributed by atoms with Crippen molar-refractivity contribution in [2.24, 2.45) is 0 Å². The van der Waals surface area contributed by atoms with Crippen LogP contribution >= 0.6 is 11.6 Å². The Kier molecular flexibility index (Phi) is 6.18. The van der Waals surface area contributed by atoms with Crippen molar-refractivity contribution in [3.05, 3.63) is 18.0 Å². The lowest BCUT2D eigenvalue weighted by molar-refractivity contribution is 0.327. The molecule has 4 heteroatoms. The van der Waals surface area contributed by atoms with Gasteiger partial charge in [-0.1, -0.05) is 26.2 Å². The van der Waals surface area contributed by atoms with Crippen molar-refractivity contribution in [3.8, 4) is 0 Å². The molecule has 1 fully saturated rings. The summed E-state index contributed by atoms with van der Waals surface area (Å²) in [4.78, 5) is 0. The number of nitrogens with one attached hydrogen (secondary N) is 1. The van der Waals surface area contributed by atoms with Gasteiger partial charge in [0.25, 0.3) is 0 Å². The molecule has 1 atom stereocenters. The maximum absolute atomic E-state index is 6.09. The molecular formula is C15H26ClN3. The van der Waals surface area contributed by atoms with Crippen molar-refractivity contribution in [2.75, 3.05) is 6.54 Å². The number of halogens is 1. The van der Waals surface area contributed by atoms with Gasteiger partial charge in [-0.25, -0.2) is 0 Å². The smallest absolute Gasteiger partial charge is 0.0762 e. The lowest BCUT2D eigenvalue weighted by Gasteiger charge is -2.21. The van der Waals surface area contributed by atoms with E-state index in [-0.39, 0.29) is 0 Å². The van der Waals surface area contributed by atoms with Crippen LogP contribution < -0.4 is 5.32 Å². The number of hydrogen-bond donors (Lipinski definition) is 1. The van der Waals surface area contributed by atoms with E-state index in [1.807, 2.05) is 0 Å². The molecule has 0 bridgehead atoms. The zero-order valence-corrected chi connectivity index (χ0v) is 12.7. The minimum absolute atomic E-state index is 0.298. The highest BCUT2D eigenvalue weighted by Gasteiger charge is 2.15. The molecule has 1 saturated carbocycles. The molecule has 0 amide bonds. The predicted octanol–water partition coefficient (Wildman–Crippen LogP) is 3.89. The maximum atomic E-state index is 6.09. The minimum atomic E-state index is 0.298. The van der Waals surface area contributed by atoms with Gasteiger partial charge in [0, 0.05) is 18.1 Å². The van der Waals surface area contributed by atoms with Crippen molar-refractivity contribution in [1.29, 1.82) is 0 Å². The van der Waals surface area contributed by atoms with Crippen LogP contribution in [0, 0.1) is 0 Å². The first kappa shape index (κ1) is 14.9. The van der Waals surface area contributed by atoms with E-state index in [2.05, 4.69) is 29.2 Å². The summed E-state index contributed by atoms with van der Waals surface area (Å²) < 4.78 is 2.17. The second-order valence-electron chi connectivity index (χ2n) is 5.55. The third-order valence-electron chi connectivity index (χ3n) is 4.00. The first-order chi connectivity index (χ1) is 9.29. The molecule has 0 saturated heterocycles. The summed E-state index contributed by atoms with van der Waals surface area (Å²) in [7, 11) is 0. The third kappa shape index (κ3) is 4.81. The van der Waals surface area contributed by atoms with Crippen LogP contribution in [0.2, 0.25) is 0 Å². The number of aromatic nitrogens is 2. The first-order valence-electron chi connectivity index (χ1n) is 7.68. The second kappa shape index (κ2) is 7.91. The Balaban J connectivity index is 1.71. The molecule has 0 spiro atoms. The van der Waals surface area contributed by atoms with Crippen molar-refractivity contribution >= 4 is 11.6 Å². The van der Waals surface area contributed by atoms with E-state index in [1.165, 1.54) is 32.1 Å². The lowest BCUT2D eigenvalue weighted by Crippen LogP contribution is -2.19. The van der Waals surface area contributed by atoms with E-state index in [1.54, 1.807) is 0 Å². The van der Waals surface area contributed by atoms with E-state index in [0.29, 0.717) is 11.4 Å².